The zero-order chi connectivity index (χ0) is 15.7. The summed E-state index contributed by atoms with van der Waals surface area (Å²) < 4.78 is 13.0. The van der Waals surface area contributed by atoms with Crippen LogP contribution in [0.25, 0.3) is 0 Å². The van der Waals surface area contributed by atoms with Crippen LogP contribution in [-0.4, -0.2) is 45.3 Å². The summed E-state index contributed by atoms with van der Waals surface area (Å²) in [5, 5.41) is 8.15. The quantitative estimate of drug-likeness (QED) is 0.863. The molecule has 118 valence electrons. The lowest BCUT2D eigenvalue weighted by atomic mass is 10.2. The Bertz CT molecular complexity index is 661. The van der Waals surface area contributed by atoms with Gasteiger partial charge in [0, 0.05) is 25.7 Å². The largest absolute Gasteiger partial charge is 0.423 e. The lowest BCUT2D eigenvalue weighted by Gasteiger charge is -2.33. The predicted octanol–water partition coefficient (Wildman–Crippen LogP) is 1.75. The molecule has 0 aromatic carbocycles. The Kier molecular flexibility index (Phi) is 3.98. The van der Waals surface area contributed by atoms with Gasteiger partial charge in [0.15, 0.2) is 0 Å². The van der Waals surface area contributed by atoms with E-state index in [1.54, 1.807) is 4.90 Å². The molecular weight excluding hydrogens is 284 g/mol. The number of ether oxygens (including phenoxy) is 1. The molecule has 7 nitrogen and oxygen atoms in total. The molecule has 3 rings (SSSR count). The number of aryl methyl sites for hydroxylation is 1. The molecule has 2 aromatic heterocycles. The normalized spacial score (nSPS) is 18.9. The van der Waals surface area contributed by atoms with E-state index in [0.717, 1.165) is 0 Å². The standard InChI is InChI=1S/C15H20N4O3/c1-10(2)13-16-17-14(22-13)12-9-21-8-7-19(12)15(20)11-5-4-6-18(11)3/h4-6,10,12H,7-9H2,1-3H3/t12-/m1/s1. The third-order valence-corrected chi connectivity index (χ3v) is 3.79. The molecule has 0 spiro atoms. The van der Waals surface area contributed by atoms with Crippen molar-refractivity contribution in [3.05, 3.63) is 35.8 Å². The minimum absolute atomic E-state index is 0.0508. The molecule has 1 saturated heterocycles. The van der Waals surface area contributed by atoms with E-state index in [1.807, 2.05) is 43.8 Å². The van der Waals surface area contributed by atoms with Gasteiger partial charge in [-0.1, -0.05) is 13.8 Å². The number of amides is 1. The van der Waals surface area contributed by atoms with Crippen molar-refractivity contribution in [3.63, 3.8) is 0 Å². The molecule has 0 N–H and O–H groups in total. The van der Waals surface area contributed by atoms with E-state index in [2.05, 4.69) is 10.2 Å². The van der Waals surface area contributed by atoms with Gasteiger partial charge in [0.1, 0.15) is 11.7 Å². The van der Waals surface area contributed by atoms with Crippen molar-refractivity contribution >= 4 is 5.91 Å². The van der Waals surface area contributed by atoms with Crippen molar-refractivity contribution in [2.24, 2.45) is 7.05 Å². The molecular formula is C15H20N4O3. The van der Waals surface area contributed by atoms with E-state index in [1.165, 1.54) is 0 Å². The van der Waals surface area contributed by atoms with Gasteiger partial charge in [-0.3, -0.25) is 4.79 Å². The molecule has 1 fully saturated rings. The van der Waals surface area contributed by atoms with Gasteiger partial charge < -0.3 is 18.6 Å². The lowest BCUT2D eigenvalue weighted by Crippen LogP contribution is -2.44. The maximum absolute atomic E-state index is 12.8. The lowest BCUT2D eigenvalue weighted by molar-refractivity contribution is -0.0112. The number of morpholine rings is 1. The molecule has 0 unspecified atom stereocenters. The smallest absolute Gasteiger partial charge is 0.271 e. The number of carbonyl (C=O) groups is 1. The third-order valence-electron chi connectivity index (χ3n) is 3.79. The summed E-state index contributed by atoms with van der Waals surface area (Å²) >= 11 is 0. The van der Waals surface area contributed by atoms with E-state index in [0.29, 0.717) is 37.2 Å². The molecule has 1 aliphatic heterocycles. The molecule has 0 bridgehead atoms. The van der Waals surface area contributed by atoms with Crippen LogP contribution in [0.4, 0.5) is 0 Å². The van der Waals surface area contributed by atoms with E-state index in [-0.39, 0.29) is 17.9 Å². The maximum atomic E-state index is 12.8. The second-order valence-corrected chi connectivity index (χ2v) is 5.73. The van der Waals surface area contributed by atoms with Crippen molar-refractivity contribution in [1.82, 2.24) is 19.7 Å². The van der Waals surface area contributed by atoms with Gasteiger partial charge >= 0.3 is 0 Å². The van der Waals surface area contributed by atoms with Gasteiger partial charge in [0.25, 0.3) is 5.91 Å². The number of aromatic nitrogens is 3. The van der Waals surface area contributed by atoms with E-state index in [9.17, 15) is 4.79 Å². The Labute approximate surface area is 128 Å². The molecule has 1 aliphatic rings. The topological polar surface area (TPSA) is 73.4 Å². The first kappa shape index (κ1) is 14.8. The van der Waals surface area contributed by atoms with Crippen LogP contribution in [0.2, 0.25) is 0 Å². The fraction of sp³-hybridized carbons (Fsp3) is 0.533. The highest BCUT2D eigenvalue weighted by molar-refractivity contribution is 5.93. The van der Waals surface area contributed by atoms with E-state index in [4.69, 9.17) is 9.15 Å². The molecule has 2 aromatic rings. The third kappa shape index (κ3) is 2.64. The second-order valence-electron chi connectivity index (χ2n) is 5.73. The molecule has 3 heterocycles. The summed E-state index contributed by atoms with van der Waals surface area (Å²) in [4.78, 5) is 14.5. The fourth-order valence-corrected chi connectivity index (χ4v) is 2.50. The van der Waals surface area contributed by atoms with Crippen molar-refractivity contribution in [2.75, 3.05) is 19.8 Å². The summed E-state index contributed by atoms with van der Waals surface area (Å²) in [6.45, 7) is 5.37. The van der Waals surface area contributed by atoms with Crippen molar-refractivity contribution < 1.29 is 13.9 Å². The zero-order valence-corrected chi connectivity index (χ0v) is 13.0. The van der Waals surface area contributed by atoms with Crippen LogP contribution in [0.1, 0.15) is 48.1 Å². The van der Waals surface area contributed by atoms with Gasteiger partial charge in [-0.25, -0.2) is 0 Å². The van der Waals surface area contributed by atoms with Crippen LogP contribution >= 0.6 is 0 Å². The van der Waals surface area contributed by atoms with Crippen LogP contribution < -0.4 is 0 Å². The number of rotatable bonds is 3. The minimum atomic E-state index is -0.337. The van der Waals surface area contributed by atoms with E-state index < -0.39 is 0 Å². The SMILES string of the molecule is CC(C)c1nnc([C@H]2COCCN2C(=O)c2cccn2C)o1. The zero-order valence-electron chi connectivity index (χ0n) is 13.0. The highest BCUT2D eigenvalue weighted by Gasteiger charge is 2.34. The molecule has 0 aliphatic carbocycles. The van der Waals surface area contributed by atoms with Crippen molar-refractivity contribution in [3.8, 4) is 0 Å². The van der Waals surface area contributed by atoms with Crippen LogP contribution in [0.15, 0.2) is 22.7 Å². The Hall–Kier alpha value is -2.15. The first-order chi connectivity index (χ1) is 10.6. The first-order valence-corrected chi connectivity index (χ1v) is 7.41. The second kappa shape index (κ2) is 5.92. The summed E-state index contributed by atoms with van der Waals surface area (Å²) in [5.74, 6) is 1.12. The molecule has 7 heteroatoms. The number of nitrogens with zero attached hydrogens (tertiary/aromatic N) is 4. The number of hydrogen-bond donors (Lipinski definition) is 0. The van der Waals surface area contributed by atoms with Gasteiger partial charge in [-0.15, -0.1) is 10.2 Å². The molecule has 0 saturated carbocycles. The predicted molar refractivity (Wildman–Crippen MR) is 78.4 cm³/mol. The summed E-state index contributed by atoms with van der Waals surface area (Å²) in [5.41, 5.74) is 0.635. The summed E-state index contributed by atoms with van der Waals surface area (Å²) in [6, 6.07) is 3.32. The van der Waals surface area contributed by atoms with Crippen LogP contribution in [0.5, 0.6) is 0 Å². The van der Waals surface area contributed by atoms with Gasteiger partial charge in [0.2, 0.25) is 11.8 Å². The van der Waals surface area contributed by atoms with Crippen LogP contribution in [-0.2, 0) is 11.8 Å². The monoisotopic (exact) mass is 304 g/mol. The Balaban J connectivity index is 1.87. The van der Waals surface area contributed by atoms with Crippen molar-refractivity contribution in [1.29, 1.82) is 0 Å². The molecule has 1 amide bonds. The van der Waals surface area contributed by atoms with E-state index >= 15 is 0 Å². The van der Waals surface area contributed by atoms with Crippen molar-refractivity contribution in [2.45, 2.75) is 25.8 Å². The highest BCUT2D eigenvalue weighted by Crippen LogP contribution is 2.26. The average molecular weight is 304 g/mol. The van der Waals surface area contributed by atoms with Gasteiger partial charge in [-0.05, 0) is 12.1 Å². The maximum Gasteiger partial charge on any atom is 0.271 e. The Morgan fingerprint density at radius 3 is 2.86 bits per heavy atom. The summed E-state index contributed by atoms with van der Waals surface area (Å²) in [7, 11) is 1.85. The Morgan fingerprint density at radius 2 is 2.23 bits per heavy atom. The number of carbonyl (C=O) groups excluding carboxylic acids is 1. The average Bonchev–Trinajstić information content (AvgIpc) is 3.15. The van der Waals surface area contributed by atoms with Crippen LogP contribution in [0.3, 0.4) is 0 Å². The molecule has 1 atom stereocenters. The molecule has 22 heavy (non-hydrogen) atoms. The van der Waals surface area contributed by atoms with Gasteiger partial charge in [0.05, 0.1) is 13.2 Å². The van der Waals surface area contributed by atoms with Crippen LogP contribution in [0, 0.1) is 0 Å². The first-order valence-electron chi connectivity index (χ1n) is 7.41. The minimum Gasteiger partial charge on any atom is -0.423 e. The number of hydrogen-bond acceptors (Lipinski definition) is 5. The fourth-order valence-electron chi connectivity index (χ4n) is 2.50. The Morgan fingerprint density at radius 1 is 1.41 bits per heavy atom. The summed E-state index contributed by atoms with van der Waals surface area (Å²) in [6.07, 6.45) is 1.85. The van der Waals surface area contributed by atoms with Gasteiger partial charge in [-0.2, -0.15) is 0 Å². The molecule has 0 radical (unpaired) electrons. The highest BCUT2D eigenvalue weighted by atomic mass is 16.5.